The van der Waals surface area contributed by atoms with Crippen molar-refractivity contribution >= 4 is 22.9 Å². The SMILES string of the molecule is COCCCN1C(=S)NC(c2cccc(OC)c2)C(c2nc(-c3ccc4c(c3)OCO4)no2)=C1C. The smallest absolute Gasteiger partial charge is 0.258 e. The molecule has 0 amide bonds. The Bertz CT molecular complexity index is 1270. The van der Waals surface area contributed by atoms with Crippen molar-refractivity contribution in [2.24, 2.45) is 0 Å². The first-order valence-electron chi connectivity index (χ1n) is 11.2. The second-order valence-corrected chi connectivity index (χ2v) is 8.53. The Morgan fingerprint density at radius 2 is 2.00 bits per heavy atom. The lowest BCUT2D eigenvalue weighted by Crippen LogP contribution is -2.46. The molecule has 2 aliphatic rings. The molecule has 0 spiro atoms. The van der Waals surface area contributed by atoms with Gasteiger partial charge in [-0.3, -0.25) is 0 Å². The number of benzene rings is 2. The fourth-order valence-electron chi connectivity index (χ4n) is 4.25. The number of fused-ring (bicyclic) bond motifs is 1. The van der Waals surface area contributed by atoms with E-state index in [0.717, 1.165) is 34.6 Å². The zero-order valence-corrected chi connectivity index (χ0v) is 20.6. The number of hydrogen-bond donors (Lipinski definition) is 1. The summed E-state index contributed by atoms with van der Waals surface area (Å²) in [7, 11) is 3.34. The van der Waals surface area contributed by atoms with E-state index in [4.69, 9.17) is 40.7 Å². The molecule has 9 nitrogen and oxygen atoms in total. The van der Waals surface area contributed by atoms with Gasteiger partial charge < -0.3 is 33.7 Å². The highest BCUT2D eigenvalue weighted by Gasteiger charge is 2.34. The van der Waals surface area contributed by atoms with E-state index in [9.17, 15) is 0 Å². The summed E-state index contributed by atoms with van der Waals surface area (Å²) in [6, 6.07) is 13.1. The van der Waals surface area contributed by atoms with Crippen LogP contribution in [0.25, 0.3) is 17.0 Å². The Balaban J connectivity index is 1.55. The van der Waals surface area contributed by atoms with Crippen molar-refractivity contribution < 1.29 is 23.5 Å². The lowest BCUT2D eigenvalue weighted by molar-refractivity contribution is 0.174. The van der Waals surface area contributed by atoms with Crippen LogP contribution in [0.3, 0.4) is 0 Å². The summed E-state index contributed by atoms with van der Waals surface area (Å²) >= 11 is 5.74. The molecule has 0 aliphatic carbocycles. The molecule has 0 fully saturated rings. The Morgan fingerprint density at radius 1 is 1.14 bits per heavy atom. The lowest BCUT2D eigenvalue weighted by atomic mass is 9.94. The first-order valence-corrected chi connectivity index (χ1v) is 11.7. The van der Waals surface area contributed by atoms with Crippen molar-refractivity contribution in [3.63, 3.8) is 0 Å². The summed E-state index contributed by atoms with van der Waals surface area (Å²) < 4.78 is 27.4. The summed E-state index contributed by atoms with van der Waals surface area (Å²) in [5.74, 6) is 2.98. The van der Waals surface area contributed by atoms with Gasteiger partial charge in [-0.1, -0.05) is 17.3 Å². The quantitative estimate of drug-likeness (QED) is 0.363. The van der Waals surface area contributed by atoms with Gasteiger partial charge in [0.1, 0.15) is 5.75 Å². The maximum Gasteiger partial charge on any atom is 0.258 e. The van der Waals surface area contributed by atoms with Crippen LogP contribution in [0, 0.1) is 0 Å². The molecular formula is C25H26N4O5S. The van der Waals surface area contributed by atoms with Crippen LogP contribution < -0.4 is 19.5 Å². The molecule has 0 bridgehead atoms. The molecule has 2 aromatic carbocycles. The minimum Gasteiger partial charge on any atom is -0.497 e. The maximum atomic E-state index is 5.81. The van der Waals surface area contributed by atoms with Crippen LogP contribution >= 0.6 is 12.2 Å². The highest BCUT2D eigenvalue weighted by molar-refractivity contribution is 7.80. The van der Waals surface area contributed by atoms with Gasteiger partial charge in [-0.2, -0.15) is 4.98 Å². The minimum absolute atomic E-state index is 0.203. The fraction of sp³-hybridized carbons (Fsp3) is 0.320. The molecule has 10 heteroatoms. The first-order chi connectivity index (χ1) is 17.1. The maximum absolute atomic E-state index is 5.81. The van der Waals surface area contributed by atoms with Crippen LogP contribution in [0.5, 0.6) is 17.2 Å². The van der Waals surface area contributed by atoms with Gasteiger partial charge in [0.05, 0.1) is 18.7 Å². The molecule has 3 heterocycles. The van der Waals surface area contributed by atoms with Crippen molar-refractivity contribution in [2.45, 2.75) is 19.4 Å². The minimum atomic E-state index is -0.290. The third-order valence-electron chi connectivity index (χ3n) is 6.04. The van der Waals surface area contributed by atoms with Crippen LogP contribution in [0.2, 0.25) is 0 Å². The number of rotatable bonds is 8. The largest absolute Gasteiger partial charge is 0.497 e. The molecule has 182 valence electrons. The summed E-state index contributed by atoms with van der Waals surface area (Å²) in [4.78, 5) is 6.80. The number of thiocarbonyl (C=S) groups is 1. The average Bonchev–Trinajstić information content (AvgIpc) is 3.55. The van der Waals surface area contributed by atoms with E-state index in [0.29, 0.717) is 41.5 Å². The molecule has 0 saturated heterocycles. The predicted molar refractivity (Wildman–Crippen MR) is 133 cm³/mol. The molecule has 0 radical (unpaired) electrons. The molecule has 3 aromatic rings. The molecule has 1 atom stereocenters. The fourth-order valence-corrected chi connectivity index (χ4v) is 4.60. The third-order valence-corrected chi connectivity index (χ3v) is 6.38. The molecule has 5 rings (SSSR count). The zero-order valence-electron chi connectivity index (χ0n) is 19.7. The van der Waals surface area contributed by atoms with Crippen molar-refractivity contribution in [1.29, 1.82) is 0 Å². The number of allylic oxidation sites excluding steroid dienone is 1. The second-order valence-electron chi connectivity index (χ2n) is 8.15. The van der Waals surface area contributed by atoms with Gasteiger partial charge in [0.25, 0.3) is 5.89 Å². The van der Waals surface area contributed by atoms with Crippen LogP contribution in [0.15, 0.2) is 52.7 Å². The number of methoxy groups -OCH3 is 2. The monoisotopic (exact) mass is 494 g/mol. The van der Waals surface area contributed by atoms with E-state index in [1.807, 2.05) is 54.3 Å². The highest BCUT2D eigenvalue weighted by atomic mass is 32.1. The van der Waals surface area contributed by atoms with Crippen molar-refractivity contribution in [1.82, 2.24) is 20.4 Å². The van der Waals surface area contributed by atoms with Crippen molar-refractivity contribution in [2.75, 3.05) is 34.2 Å². The van der Waals surface area contributed by atoms with Crippen LogP contribution in [-0.4, -0.2) is 54.3 Å². The number of ether oxygens (including phenoxy) is 4. The van der Waals surface area contributed by atoms with Gasteiger partial charge in [-0.05, 0) is 61.5 Å². The van der Waals surface area contributed by atoms with Crippen LogP contribution in [-0.2, 0) is 4.74 Å². The molecule has 1 unspecified atom stereocenters. The van der Waals surface area contributed by atoms with E-state index in [1.165, 1.54) is 0 Å². The Hall–Kier alpha value is -3.63. The number of aromatic nitrogens is 2. The lowest BCUT2D eigenvalue weighted by Gasteiger charge is -2.37. The van der Waals surface area contributed by atoms with Crippen molar-refractivity contribution in [3.8, 4) is 28.6 Å². The van der Waals surface area contributed by atoms with E-state index in [2.05, 4.69) is 10.5 Å². The topological polar surface area (TPSA) is 91.1 Å². The molecule has 2 aliphatic heterocycles. The van der Waals surface area contributed by atoms with E-state index in [1.54, 1.807) is 14.2 Å². The van der Waals surface area contributed by atoms with E-state index >= 15 is 0 Å². The van der Waals surface area contributed by atoms with Gasteiger partial charge >= 0.3 is 0 Å². The Labute approximate surface area is 208 Å². The number of nitrogens with one attached hydrogen (secondary N) is 1. The Morgan fingerprint density at radius 3 is 2.83 bits per heavy atom. The van der Waals surface area contributed by atoms with Crippen LogP contribution in [0.4, 0.5) is 0 Å². The molecule has 1 N–H and O–H groups in total. The summed E-state index contributed by atoms with van der Waals surface area (Å²) in [6.07, 6.45) is 0.818. The van der Waals surface area contributed by atoms with Gasteiger partial charge in [0, 0.05) is 31.5 Å². The number of nitrogens with zero attached hydrogens (tertiary/aromatic N) is 3. The summed E-state index contributed by atoms with van der Waals surface area (Å²) in [6.45, 7) is 3.56. The third kappa shape index (κ3) is 4.54. The molecule has 35 heavy (non-hydrogen) atoms. The van der Waals surface area contributed by atoms with Gasteiger partial charge in [-0.15, -0.1) is 0 Å². The van der Waals surface area contributed by atoms with Crippen LogP contribution in [0.1, 0.15) is 30.8 Å². The standard InChI is InChI=1S/C25H26N4O5S/c1-15-21(24-27-23(28-34-24)17-8-9-19-20(13-17)33-14-32-19)22(16-6-4-7-18(12-16)31-3)26-25(35)29(15)10-5-11-30-2/h4,6-9,12-13,22H,5,10-11,14H2,1-3H3,(H,26,35). The highest BCUT2D eigenvalue weighted by Crippen LogP contribution is 2.39. The number of hydrogen-bond acceptors (Lipinski definition) is 8. The molecule has 1 aromatic heterocycles. The molecule has 0 saturated carbocycles. The van der Waals surface area contributed by atoms with Gasteiger partial charge in [0.15, 0.2) is 16.6 Å². The van der Waals surface area contributed by atoms with Crippen molar-refractivity contribution in [3.05, 3.63) is 59.6 Å². The molecular weight excluding hydrogens is 468 g/mol. The van der Waals surface area contributed by atoms with Gasteiger partial charge in [0.2, 0.25) is 12.6 Å². The predicted octanol–water partition coefficient (Wildman–Crippen LogP) is 4.17. The summed E-state index contributed by atoms with van der Waals surface area (Å²) in [5.41, 5.74) is 3.54. The Kier molecular flexibility index (Phi) is 6.56. The zero-order chi connectivity index (χ0) is 24.4. The van der Waals surface area contributed by atoms with E-state index in [-0.39, 0.29) is 12.8 Å². The normalized spacial score (nSPS) is 17.1. The second kappa shape index (κ2) is 9.93. The van der Waals surface area contributed by atoms with E-state index < -0.39 is 0 Å². The first kappa shape index (κ1) is 23.1. The average molecular weight is 495 g/mol. The summed E-state index contributed by atoms with van der Waals surface area (Å²) in [5, 5.41) is 8.35. The van der Waals surface area contributed by atoms with Gasteiger partial charge in [-0.25, -0.2) is 0 Å².